The predicted molar refractivity (Wildman–Crippen MR) is 96.3 cm³/mol. The number of hydrogen-bond donors (Lipinski definition) is 0. The third-order valence-electron chi connectivity index (χ3n) is 4.63. The van der Waals surface area contributed by atoms with Gasteiger partial charge in [-0.3, -0.25) is 4.79 Å². The fraction of sp³-hybridized carbons (Fsp3) is 0.316. The lowest BCUT2D eigenvalue weighted by Gasteiger charge is -2.30. The highest BCUT2D eigenvalue weighted by Gasteiger charge is 2.27. The van der Waals surface area contributed by atoms with Crippen LogP contribution in [0.4, 0.5) is 4.39 Å². The Morgan fingerprint density at radius 3 is 2.65 bits per heavy atom. The summed E-state index contributed by atoms with van der Waals surface area (Å²) < 4.78 is 18.8. The molecule has 26 heavy (non-hydrogen) atoms. The first kappa shape index (κ1) is 16.9. The molecule has 2 aromatic heterocycles. The molecule has 0 unspecified atom stereocenters. The average molecular weight is 371 g/mol. The number of amides is 1. The van der Waals surface area contributed by atoms with Gasteiger partial charge in [-0.15, -0.1) is 21.5 Å². The molecule has 0 atom stereocenters. The van der Waals surface area contributed by atoms with Gasteiger partial charge in [0.15, 0.2) is 0 Å². The second-order valence-electron chi connectivity index (χ2n) is 6.36. The number of hydrogen-bond acceptors (Lipinski definition) is 5. The first-order valence-corrected chi connectivity index (χ1v) is 9.46. The molecule has 1 aliphatic rings. The summed E-state index contributed by atoms with van der Waals surface area (Å²) in [5, 5.41) is 10.2. The van der Waals surface area contributed by atoms with E-state index in [1.165, 1.54) is 12.1 Å². The molecule has 1 amide bonds. The summed E-state index contributed by atoms with van der Waals surface area (Å²) in [5.74, 6) is 1.02. The largest absolute Gasteiger partial charge is 0.420 e. The molecule has 7 heteroatoms. The van der Waals surface area contributed by atoms with Crippen LogP contribution < -0.4 is 0 Å². The van der Waals surface area contributed by atoms with Gasteiger partial charge in [0.1, 0.15) is 5.82 Å². The fourth-order valence-electron chi connectivity index (χ4n) is 3.16. The third kappa shape index (κ3) is 3.67. The second kappa shape index (κ2) is 7.37. The number of nitrogens with zero attached hydrogens (tertiary/aromatic N) is 3. The molecule has 0 bridgehead atoms. The Hall–Kier alpha value is -2.54. The monoisotopic (exact) mass is 371 g/mol. The Morgan fingerprint density at radius 2 is 1.96 bits per heavy atom. The van der Waals surface area contributed by atoms with E-state index in [1.54, 1.807) is 23.5 Å². The van der Waals surface area contributed by atoms with Crippen molar-refractivity contribution in [3.63, 3.8) is 0 Å². The van der Waals surface area contributed by atoms with Crippen molar-refractivity contribution in [3.8, 4) is 11.5 Å². The summed E-state index contributed by atoms with van der Waals surface area (Å²) in [6, 6.07) is 9.95. The lowest BCUT2D eigenvalue weighted by Crippen LogP contribution is -2.38. The second-order valence-corrected chi connectivity index (χ2v) is 7.40. The molecule has 1 saturated heterocycles. The molecule has 5 nitrogen and oxygen atoms in total. The van der Waals surface area contributed by atoms with E-state index in [1.807, 2.05) is 22.4 Å². The number of piperidine rings is 1. The molecule has 0 N–H and O–H groups in total. The van der Waals surface area contributed by atoms with Gasteiger partial charge in [-0.2, -0.15) is 0 Å². The first-order chi connectivity index (χ1) is 12.7. The molecule has 4 rings (SSSR count). The minimum atomic E-state index is -0.298. The number of rotatable bonds is 4. The predicted octanol–water partition coefficient (Wildman–Crippen LogP) is 3.89. The lowest BCUT2D eigenvalue weighted by molar-refractivity contribution is -0.131. The summed E-state index contributed by atoms with van der Waals surface area (Å²) in [5.41, 5.74) is 0.703. The van der Waals surface area contributed by atoms with Crippen LogP contribution in [0.3, 0.4) is 0 Å². The van der Waals surface area contributed by atoms with Gasteiger partial charge in [0, 0.05) is 29.4 Å². The van der Waals surface area contributed by atoms with Crippen molar-refractivity contribution in [3.05, 3.63) is 58.4 Å². The summed E-state index contributed by atoms with van der Waals surface area (Å²) >= 11 is 1.61. The first-order valence-electron chi connectivity index (χ1n) is 8.58. The SMILES string of the molecule is O=C(Cc1cccs1)N1CCC(c2nnc(-c3ccc(F)cc3)o2)CC1. The molecule has 1 aromatic carbocycles. The van der Waals surface area contributed by atoms with E-state index >= 15 is 0 Å². The standard InChI is InChI=1S/C19H18FN3O2S/c20-15-5-3-13(4-6-15)18-21-22-19(25-18)14-7-9-23(10-8-14)17(24)12-16-2-1-11-26-16/h1-6,11,14H,7-10,12H2. The number of carbonyl (C=O) groups excluding carboxylic acids is 1. The van der Waals surface area contributed by atoms with Crippen LogP contribution in [-0.4, -0.2) is 34.1 Å². The quantitative estimate of drug-likeness (QED) is 0.698. The zero-order chi connectivity index (χ0) is 17.9. The van der Waals surface area contributed by atoms with Crippen LogP contribution in [-0.2, 0) is 11.2 Å². The van der Waals surface area contributed by atoms with E-state index in [9.17, 15) is 9.18 Å². The normalized spacial score (nSPS) is 15.3. The van der Waals surface area contributed by atoms with E-state index < -0.39 is 0 Å². The number of benzene rings is 1. The molecule has 0 aliphatic carbocycles. The molecular weight excluding hydrogens is 353 g/mol. The zero-order valence-electron chi connectivity index (χ0n) is 14.1. The van der Waals surface area contributed by atoms with Crippen LogP contribution >= 0.6 is 11.3 Å². The van der Waals surface area contributed by atoms with Crippen molar-refractivity contribution >= 4 is 17.2 Å². The molecule has 1 fully saturated rings. The van der Waals surface area contributed by atoms with Crippen LogP contribution in [0.2, 0.25) is 0 Å². The van der Waals surface area contributed by atoms with Crippen molar-refractivity contribution in [2.75, 3.05) is 13.1 Å². The van der Waals surface area contributed by atoms with Gasteiger partial charge >= 0.3 is 0 Å². The van der Waals surface area contributed by atoms with E-state index in [2.05, 4.69) is 10.2 Å². The van der Waals surface area contributed by atoms with E-state index in [4.69, 9.17) is 4.42 Å². The highest BCUT2D eigenvalue weighted by molar-refractivity contribution is 7.10. The van der Waals surface area contributed by atoms with E-state index in [-0.39, 0.29) is 17.6 Å². The Labute approximate surface area is 154 Å². The van der Waals surface area contributed by atoms with Gasteiger partial charge in [0.2, 0.25) is 17.7 Å². The molecule has 0 spiro atoms. The molecular formula is C19H18FN3O2S. The highest BCUT2D eigenvalue weighted by Crippen LogP contribution is 2.29. The van der Waals surface area contributed by atoms with Crippen molar-refractivity contribution in [1.29, 1.82) is 0 Å². The van der Waals surface area contributed by atoms with Crippen molar-refractivity contribution in [2.24, 2.45) is 0 Å². The summed E-state index contributed by atoms with van der Waals surface area (Å²) in [6.07, 6.45) is 2.08. The van der Waals surface area contributed by atoms with Gasteiger partial charge in [0.25, 0.3) is 0 Å². The van der Waals surface area contributed by atoms with Crippen LogP contribution in [0, 0.1) is 5.82 Å². The third-order valence-corrected chi connectivity index (χ3v) is 5.51. The maximum Gasteiger partial charge on any atom is 0.247 e. The average Bonchev–Trinajstić information content (AvgIpc) is 3.34. The minimum Gasteiger partial charge on any atom is -0.420 e. The van der Waals surface area contributed by atoms with Crippen LogP contribution in [0.1, 0.15) is 29.5 Å². The molecule has 0 radical (unpaired) electrons. The van der Waals surface area contributed by atoms with Gasteiger partial charge in [-0.05, 0) is 48.6 Å². The number of likely N-dealkylation sites (tertiary alicyclic amines) is 1. The Bertz CT molecular complexity index is 869. The number of aromatic nitrogens is 2. The lowest BCUT2D eigenvalue weighted by atomic mass is 9.96. The van der Waals surface area contributed by atoms with Crippen LogP contribution in [0.25, 0.3) is 11.5 Å². The maximum atomic E-state index is 13.0. The van der Waals surface area contributed by atoms with E-state index in [0.717, 1.165) is 17.7 Å². The topological polar surface area (TPSA) is 59.2 Å². The molecule has 134 valence electrons. The van der Waals surface area contributed by atoms with Gasteiger partial charge in [-0.25, -0.2) is 4.39 Å². The van der Waals surface area contributed by atoms with E-state index in [0.29, 0.717) is 36.9 Å². The molecule has 3 aromatic rings. The molecule has 3 heterocycles. The summed E-state index contributed by atoms with van der Waals surface area (Å²) in [6.45, 7) is 1.40. The van der Waals surface area contributed by atoms with Gasteiger partial charge < -0.3 is 9.32 Å². The Morgan fingerprint density at radius 1 is 1.19 bits per heavy atom. The van der Waals surface area contributed by atoms with Crippen LogP contribution in [0.5, 0.6) is 0 Å². The molecule has 0 saturated carbocycles. The zero-order valence-corrected chi connectivity index (χ0v) is 14.9. The van der Waals surface area contributed by atoms with Crippen LogP contribution in [0.15, 0.2) is 46.2 Å². The molecule has 1 aliphatic heterocycles. The van der Waals surface area contributed by atoms with Crippen molar-refractivity contribution in [2.45, 2.75) is 25.2 Å². The van der Waals surface area contributed by atoms with Crippen molar-refractivity contribution in [1.82, 2.24) is 15.1 Å². The highest BCUT2D eigenvalue weighted by atomic mass is 32.1. The summed E-state index contributed by atoms with van der Waals surface area (Å²) in [7, 11) is 0. The summed E-state index contributed by atoms with van der Waals surface area (Å²) in [4.78, 5) is 15.4. The van der Waals surface area contributed by atoms with Crippen molar-refractivity contribution < 1.29 is 13.6 Å². The minimum absolute atomic E-state index is 0.155. The Balaban J connectivity index is 1.36. The number of halogens is 1. The number of thiophene rings is 1. The van der Waals surface area contributed by atoms with Gasteiger partial charge in [0.05, 0.1) is 6.42 Å². The maximum absolute atomic E-state index is 13.0. The van der Waals surface area contributed by atoms with Gasteiger partial charge in [-0.1, -0.05) is 6.07 Å². The number of carbonyl (C=O) groups is 1. The smallest absolute Gasteiger partial charge is 0.247 e. The Kier molecular flexibility index (Phi) is 4.79. The fourth-order valence-corrected chi connectivity index (χ4v) is 3.85.